The highest BCUT2D eigenvalue weighted by Crippen LogP contribution is 2.38. The van der Waals surface area contributed by atoms with Crippen LogP contribution in [0.2, 0.25) is 0 Å². The Labute approximate surface area is 90.5 Å². The van der Waals surface area contributed by atoms with Gasteiger partial charge in [-0.05, 0) is 29.9 Å². The summed E-state index contributed by atoms with van der Waals surface area (Å²) in [5, 5.41) is 0. The van der Waals surface area contributed by atoms with Crippen LogP contribution in [0.15, 0.2) is 24.3 Å². The quantitative estimate of drug-likeness (QED) is 0.808. The van der Waals surface area contributed by atoms with Crippen LogP contribution in [0.3, 0.4) is 0 Å². The van der Waals surface area contributed by atoms with Crippen molar-refractivity contribution in [1.29, 1.82) is 0 Å². The minimum absolute atomic E-state index is 0.244. The zero-order valence-corrected chi connectivity index (χ0v) is 8.95. The number of halogens is 1. The lowest BCUT2D eigenvalue weighted by Crippen LogP contribution is -2.05. The normalized spacial score (nSPS) is 19.3. The summed E-state index contributed by atoms with van der Waals surface area (Å²) in [5.41, 5.74) is 7.39. The van der Waals surface area contributed by atoms with Gasteiger partial charge in [0.1, 0.15) is 6.17 Å². The number of hydrogen-bond acceptors (Lipinski definition) is 1. The van der Waals surface area contributed by atoms with Crippen LogP contribution in [-0.4, -0.2) is 0 Å². The molecule has 1 saturated carbocycles. The third-order valence-corrected chi connectivity index (χ3v) is 3.35. The van der Waals surface area contributed by atoms with Gasteiger partial charge in [0, 0.05) is 6.54 Å². The van der Waals surface area contributed by atoms with Gasteiger partial charge in [-0.3, -0.25) is 0 Å². The average Bonchev–Trinajstić information content (AvgIpc) is 2.82. The molecule has 82 valence electrons. The zero-order chi connectivity index (χ0) is 10.7. The summed E-state index contributed by atoms with van der Waals surface area (Å²) in [4.78, 5) is 0. The van der Waals surface area contributed by atoms with Gasteiger partial charge in [0.15, 0.2) is 0 Å². The van der Waals surface area contributed by atoms with Crippen LogP contribution in [-0.2, 0) is 6.54 Å². The van der Waals surface area contributed by atoms with E-state index in [9.17, 15) is 4.39 Å². The first-order valence-corrected chi connectivity index (χ1v) is 5.74. The standard InChI is InChI=1S/C13H18FN/c14-13(11-3-1-2-4-11)12-7-5-10(9-15)6-8-12/h5-8,11,13H,1-4,9,15H2. The van der Waals surface area contributed by atoms with Crippen LogP contribution in [0.25, 0.3) is 0 Å². The number of benzene rings is 1. The van der Waals surface area contributed by atoms with Gasteiger partial charge in [-0.25, -0.2) is 4.39 Å². The Morgan fingerprint density at radius 3 is 2.33 bits per heavy atom. The van der Waals surface area contributed by atoms with E-state index in [1.807, 2.05) is 24.3 Å². The highest BCUT2D eigenvalue weighted by molar-refractivity contribution is 5.24. The number of alkyl halides is 1. The van der Waals surface area contributed by atoms with Crippen molar-refractivity contribution in [3.05, 3.63) is 35.4 Å². The molecule has 1 atom stereocenters. The summed E-state index contributed by atoms with van der Waals surface area (Å²) in [6.07, 6.45) is 3.68. The van der Waals surface area contributed by atoms with E-state index < -0.39 is 6.17 Å². The Bertz CT molecular complexity index is 301. The van der Waals surface area contributed by atoms with Crippen molar-refractivity contribution in [3.8, 4) is 0 Å². The molecule has 2 N–H and O–H groups in total. The van der Waals surface area contributed by atoms with Crippen LogP contribution < -0.4 is 5.73 Å². The predicted molar refractivity (Wildman–Crippen MR) is 60.1 cm³/mol. The summed E-state index contributed by atoms with van der Waals surface area (Å²) in [7, 11) is 0. The van der Waals surface area contributed by atoms with Crippen molar-refractivity contribution in [1.82, 2.24) is 0 Å². The first kappa shape index (κ1) is 10.6. The Balaban J connectivity index is 2.07. The topological polar surface area (TPSA) is 26.0 Å². The molecule has 1 aromatic rings. The Morgan fingerprint density at radius 2 is 1.80 bits per heavy atom. The second kappa shape index (κ2) is 4.75. The maximum absolute atomic E-state index is 14.0. The van der Waals surface area contributed by atoms with Crippen LogP contribution in [0.4, 0.5) is 4.39 Å². The monoisotopic (exact) mass is 207 g/mol. The zero-order valence-electron chi connectivity index (χ0n) is 8.95. The van der Waals surface area contributed by atoms with Crippen molar-refractivity contribution >= 4 is 0 Å². The van der Waals surface area contributed by atoms with E-state index in [2.05, 4.69) is 0 Å². The maximum atomic E-state index is 14.0. The van der Waals surface area contributed by atoms with Gasteiger partial charge in [-0.15, -0.1) is 0 Å². The van der Waals surface area contributed by atoms with Gasteiger partial charge in [0.25, 0.3) is 0 Å². The van der Waals surface area contributed by atoms with Crippen LogP contribution in [0.5, 0.6) is 0 Å². The number of rotatable bonds is 3. The summed E-state index contributed by atoms with van der Waals surface area (Å²) in [6.45, 7) is 0.528. The molecule has 0 aliphatic heterocycles. The Morgan fingerprint density at radius 1 is 1.20 bits per heavy atom. The number of nitrogens with two attached hydrogens (primary N) is 1. The molecule has 1 aromatic carbocycles. The second-order valence-electron chi connectivity index (χ2n) is 4.39. The lowest BCUT2D eigenvalue weighted by molar-refractivity contribution is 0.235. The molecular formula is C13H18FN. The first-order valence-electron chi connectivity index (χ1n) is 5.74. The Kier molecular flexibility index (Phi) is 3.37. The second-order valence-corrected chi connectivity index (χ2v) is 4.39. The highest BCUT2D eigenvalue weighted by atomic mass is 19.1. The molecule has 1 fully saturated rings. The van der Waals surface area contributed by atoms with Crippen LogP contribution >= 0.6 is 0 Å². The van der Waals surface area contributed by atoms with Crippen LogP contribution in [0.1, 0.15) is 43.0 Å². The SMILES string of the molecule is NCc1ccc(C(F)C2CCCC2)cc1. The lowest BCUT2D eigenvalue weighted by atomic mass is 9.95. The molecule has 0 radical (unpaired) electrons. The average molecular weight is 207 g/mol. The van der Waals surface area contributed by atoms with E-state index in [1.165, 1.54) is 12.8 Å². The summed E-state index contributed by atoms with van der Waals surface area (Å²) in [6, 6.07) is 7.62. The fourth-order valence-electron chi connectivity index (χ4n) is 2.36. The molecule has 1 unspecified atom stereocenters. The molecule has 1 nitrogen and oxygen atoms in total. The molecule has 2 rings (SSSR count). The van der Waals surface area contributed by atoms with Crippen molar-refractivity contribution in [2.45, 2.75) is 38.4 Å². The lowest BCUT2D eigenvalue weighted by Gasteiger charge is -2.15. The molecule has 0 saturated heterocycles. The Hall–Kier alpha value is -0.890. The maximum Gasteiger partial charge on any atom is 0.128 e. The minimum Gasteiger partial charge on any atom is -0.326 e. The van der Waals surface area contributed by atoms with Gasteiger partial charge in [0.05, 0.1) is 0 Å². The molecule has 0 amide bonds. The molecule has 0 spiro atoms. The van der Waals surface area contributed by atoms with E-state index >= 15 is 0 Å². The smallest absolute Gasteiger partial charge is 0.128 e. The molecule has 0 bridgehead atoms. The summed E-state index contributed by atoms with van der Waals surface area (Å²) in [5.74, 6) is 0.244. The first-order chi connectivity index (χ1) is 7.31. The fraction of sp³-hybridized carbons (Fsp3) is 0.538. The summed E-state index contributed by atoms with van der Waals surface area (Å²) < 4.78 is 14.0. The van der Waals surface area contributed by atoms with Gasteiger partial charge in [0.2, 0.25) is 0 Å². The van der Waals surface area contributed by atoms with E-state index in [-0.39, 0.29) is 5.92 Å². The molecule has 1 aliphatic rings. The van der Waals surface area contributed by atoms with Gasteiger partial charge in [-0.2, -0.15) is 0 Å². The van der Waals surface area contributed by atoms with Crippen molar-refractivity contribution < 1.29 is 4.39 Å². The van der Waals surface area contributed by atoms with Gasteiger partial charge < -0.3 is 5.73 Å². The van der Waals surface area contributed by atoms with Crippen molar-refractivity contribution in [3.63, 3.8) is 0 Å². The van der Waals surface area contributed by atoms with E-state index in [0.29, 0.717) is 6.54 Å². The van der Waals surface area contributed by atoms with Gasteiger partial charge in [-0.1, -0.05) is 37.1 Å². The summed E-state index contributed by atoms with van der Waals surface area (Å²) >= 11 is 0. The predicted octanol–water partition coefficient (Wildman–Crippen LogP) is 3.35. The van der Waals surface area contributed by atoms with E-state index in [0.717, 1.165) is 24.0 Å². The third kappa shape index (κ3) is 2.37. The molecule has 15 heavy (non-hydrogen) atoms. The largest absolute Gasteiger partial charge is 0.326 e. The minimum atomic E-state index is -0.778. The van der Waals surface area contributed by atoms with Crippen LogP contribution in [0, 0.1) is 5.92 Å². The highest BCUT2D eigenvalue weighted by Gasteiger charge is 2.25. The fourth-order valence-corrected chi connectivity index (χ4v) is 2.36. The molecule has 1 aliphatic carbocycles. The molecular weight excluding hydrogens is 189 g/mol. The van der Waals surface area contributed by atoms with Gasteiger partial charge >= 0.3 is 0 Å². The molecule has 2 heteroatoms. The van der Waals surface area contributed by atoms with Crippen molar-refractivity contribution in [2.24, 2.45) is 11.7 Å². The molecule has 0 aromatic heterocycles. The number of hydrogen-bond donors (Lipinski definition) is 1. The van der Waals surface area contributed by atoms with Crippen molar-refractivity contribution in [2.75, 3.05) is 0 Å². The van der Waals surface area contributed by atoms with E-state index in [1.54, 1.807) is 0 Å². The van der Waals surface area contributed by atoms with E-state index in [4.69, 9.17) is 5.73 Å². The molecule has 0 heterocycles. The third-order valence-electron chi connectivity index (χ3n) is 3.35.